The molecule has 2 aromatic rings. The normalized spacial score (nSPS) is 10.7. The molecule has 1 amide bonds. The lowest BCUT2D eigenvalue weighted by Gasteiger charge is -2.10. The van der Waals surface area contributed by atoms with Crippen molar-refractivity contribution in [1.82, 2.24) is 4.98 Å². The minimum atomic E-state index is -0.166. The number of aromatic nitrogens is 1. The first-order chi connectivity index (χ1) is 11.6. The molecule has 0 unspecified atom stereocenters. The van der Waals surface area contributed by atoms with Crippen LogP contribution in [0.15, 0.2) is 42.7 Å². The van der Waals surface area contributed by atoms with E-state index in [-0.39, 0.29) is 5.91 Å². The zero-order chi connectivity index (χ0) is 17.4. The lowest BCUT2D eigenvalue weighted by Crippen LogP contribution is -2.13. The van der Waals surface area contributed by atoms with Gasteiger partial charge in [0.15, 0.2) is 0 Å². The molecule has 0 bridgehead atoms. The number of amides is 1. The summed E-state index contributed by atoms with van der Waals surface area (Å²) in [5.41, 5.74) is 3.38. The van der Waals surface area contributed by atoms with E-state index in [9.17, 15) is 4.79 Å². The SMILES string of the molecule is COCCCNc1cncc(C(=O)Nc2ccc(C(C)C)cc2)c1. The average molecular weight is 327 g/mol. The molecule has 0 aliphatic heterocycles. The quantitative estimate of drug-likeness (QED) is 0.722. The van der Waals surface area contributed by atoms with Crippen LogP contribution >= 0.6 is 0 Å². The van der Waals surface area contributed by atoms with E-state index in [0.29, 0.717) is 18.1 Å². The summed E-state index contributed by atoms with van der Waals surface area (Å²) < 4.78 is 5.01. The fourth-order valence-corrected chi connectivity index (χ4v) is 2.26. The number of nitrogens with one attached hydrogen (secondary N) is 2. The number of hydrogen-bond donors (Lipinski definition) is 2. The highest BCUT2D eigenvalue weighted by molar-refractivity contribution is 6.04. The summed E-state index contributed by atoms with van der Waals surface area (Å²) in [6.07, 6.45) is 4.17. The first-order valence-electron chi connectivity index (χ1n) is 8.19. The van der Waals surface area contributed by atoms with Crippen molar-refractivity contribution < 1.29 is 9.53 Å². The highest BCUT2D eigenvalue weighted by atomic mass is 16.5. The number of ether oxygens (including phenoxy) is 1. The Labute approximate surface area is 143 Å². The molecular weight excluding hydrogens is 302 g/mol. The average Bonchev–Trinajstić information content (AvgIpc) is 2.59. The number of carbonyl (C=O) groups excluding carboxylic acids is 1. The van der Waals surface area contributed by atoms with Crippen molar-refractivity contribution >= 4 is 17.3 Å². The molecule has 2 N–H and O–H groups in total. The fraction of sp³-hybridized carbons (Fsp3) is 0.368. The number of carbonyl (C=O) groups is 1. The molecule has 0 saturated heterocycles. The summed E-state index contributed by atoms with van der Waals surface area (Å²) in [4.78, 5) is 16.5. The minimum absolute atomic E-state index is 0.166. The second kappa shape index (κ2) is 9.03. The van der Waals surface area contributed by atoms with Crippen LogP contribution in [-0.2, 0) is 4.74 Å². The van der Waals surface area contributed by atoms with E-state index in [4.69, 9.17) is 4.74 Å². The van der Waals surface area contributed by atoms with Gasteiger partial charge in [-0.25, -0.2) is 0 Å². The van der Waals surface area contributed by atoms with Crippen molar-refractivity contribution in [2.45, 2.75) is 26.2 Å². The van der Waals surface area contributed by atoms with Gasteiger partial charge >= 0.3 is 0 Å². The van der Waals surface area contributed by atoms with E-state index in [1.54, 1.807) is 25.6 Å². The van der Waals surface area contributed by atoms with Crippen LogP contribution in [0.25, 0.3) is 0 Å². The number of pyridine rings is 1. The van der Waals surface area contributed by atoms with Gasteiger partial charge in [-0.05, 0) is 36.1 Å². The maximum Gasteiger partial charge on any atom is 0.257 e. The van der Waals surface area contributed by atoms with Crippen LogP contribution in [0.3, 0.4) is 0 Å². The second-order valence-electron chi connectivity index (χ2n) is 5.97. The van der Waals surface area contributed by atoms with Crippen LogP contribution in [0.2, 0.25) is 0 Å². The lowest BCUT2D eigenvalue weighted by atomic mass is 10.0. The summed E-state index contributed by atoms with van der Waals surface area (Å²) in [7, 11) is 1.68. The van der Waals surface area contributed by atoms with Gasteiger partial charge in [-0.3, -0.25) is 9.78 Å². The molecule has 0 saturated carbocycles. The van der Waals surface area contributed by atoms with E-state index in [0.717, 1.165) is 24.3 Å². The molecule has 5 heteroatoms. The first-order valence-corrected chi connectivity index (χ1v) is 8.19. The summed E-state index contributed by atoms with van der Waals surface area (Å²) in [5, 5.41) is 6.14. The Hall–Kier alpha value is -2.40. The topological polar surface area (TPSA) is 63.2 Å². The Kier molecular flexibility index (Phi) is 6.75. The molecule has 0 spiro atoms. The van der Waals surface area contributed by atoms with Gasteiger partial charge in [-0.15, -0.1) is 0 Å². The third-order valence-corrected chi connectivity index (χ3v) is 3.69. The monoisotopic (exact) mass is 327 g/mol. The van der Waals surface area contributed by atoms with Crippen LogP contribution in [0.4, 0.5) is 11.4 Å². The highest BCUT2D eigenvalue weighted by Crippen LogP contribution is 2.18. The maximum absolute atomic E-state index is 12.4. The number of methoxy groups -OCH3 is 1. The summed E-state index contributed by atoms with van der Waals surface area (Å²) in [5.74, 6) is 0.306. The smallest absolute Gasteiger partial charge is 0.257 e. The number of rotatable bonds is 8. The molecule has 1 heterocycles. The Morgan fingerprint density at radius 2 is 1.92 bits per heavy atom. The Balaban J connectivity index is 1.96. The van der Waals surface area contributed by atoms with Crippen molar-refractivity contribution in [2.24, 2.45) is 0 Å². The van der Waals surface area contributed by atoms with Crippen LogP contribution in [0, 0.1) is 0 Å². The predicted octanol–water partition coefficient (Wildman–Crippen LogP) is 3.91. The third kappa shape index (κ3) is 5.35. The minimum Gasteiger partial charge on any atom is -0.385 e. The van der Waals surface area contributed by atoms with Crippen LogP contribution in [-0.4, -0.2) is 31.2 Å². The van der Waals surface area contributed by atoms with Crippen LogP contribution in [0.5, 0.6) is 0 Å². The molecule has 0 radical (unpaired) electrons. The molecule has 1 aromatic carbocycles. The van der Waals surface area contributed by atoms with E-state index in [2.05, 4.69) is 29.5 Å². The summed E-state index contributed by atoms with van der Waals surface area (Å²) >= 11 is 0. The number of anilines is 2. The van der Waals surface area contributed by atoms with Crippen molar-refractivity contribution in [3.8, 4) is 0 Å². The largest absolute Gasteiger partial charge is 0.385 e. The van der Waals surface area contributed by atoms with Gasteiger partial charge in [0.1, 0.15) is 0 Å². The van der Waals surface area contributed by atoms with Crippen LogP contribution < -0.4 is 10.6 Å². The molecule has 0 fully saturated rings. The predicted molar refractivity (Wildman–Crippen MR) is 97.7 cm³/mol. The number of hydrogen-bond acceptors (Lipinski definition) is 4. The molecule has 24 heavy (non-hydrogen) atoms. The molecule has 0 aliphatic rings. The Morgan fingerprint density at radius 3 is 2.58 bits per heavy atom. The second-order valence-corrected chi connectivity index (χ2v) is 5.97. The van der Waals surface area contributed by atoms with E-state index in [1.807, 2.05) is 24.3 Å². The standard InChI is InChI=1S/C19H25N3O2/c1-14(2)15-5-7-17(8-6-15)22-19(23)16-11-18(13-20-12-16)21-9-4-10-24-3/h5-8,11-14,21H,4,9-10H2,1-3H3,(H,22,23). The van der Waals surface area contributed by atoms with Crippen molar-refractivity contribution in [2.75, 3.05) is 30.9 Å². The number of nitrogens with zero attached hydrogens (tertiary/aromatic N) is 1. The van der Waals surface area contributed by atoms with E-state index in [1.165, 1.54) is 5.56 Å². The molecule has 2 rings (SSSR count). The van der Waals surface area contributed by atoms with Crippen molar-refractivity contribution in [3.05, 3.63) is 53.9 Å². The van der Waals surface area contributed by atoms with Crippen LogP contribution in [0.1, 0.15) is 42.1 Å². The fourth-order valence-electron chi connectivity index (χ4n) is 2.26. The van der Waals surface area contributed by atoms with Crippen molar-refractivity contribution in [3.63, 3.8) is 0 Å². The van der Waals surface area contributed by atoms with Gasteiger partial charge in [0.05, 0.1) is 11.3 Å². The molecule has 0 atom stereocenters. The highest BCUT2D eigenvalue weighted by Gasteiger charge is 2.08. The molecule has 1 aromatic heterocycles. The number of benzene rings is 1. The lowest BCUT2D eigenvalue weighted by molar-refractivity contribution is 0.102. The summed E-state index contributed by atoms with van der Waals surface area (Å²) in [6, 6.07) is 9.72. The van der Waals surface area contributed by atoms with Crippen molar-refractivity contribution in [1.29, 1.82) is 0 Å². The third-order valence-electron chi connectivity index (χ3n) is 3.69. The van der Waals surface area contributed by atoms with Gasteiger partial charge in [0.25, 0.3) is 5.91 Å². The van der Waals surface area contributed by atoms with E-state index >= 15 is 0 Å². The molecule has 5 nitrogen and oxygen atoms in total. The van der Waals surface area contributed by atoms with Gasteiger partial charge in [-0.2, -0.15) is 0 Å². The van der Waals surface area contributed by atoms with E-state index < -0.39 is 0 Å². The zero-order valence-corrected chi connectivity index (χ0v) is 14.5. The Bertz CT molecular complexity index is 654. The molecule has 128 valence electrons. The Morgan fingerprint density at radius 1 is 1.17 bits per heavy atom. The molecular formula is C19H25N3O2. The van der Waals surface area contributed by atoms with Gasteiger partial charge in [-0.1, -0.05) is 26.0 Å². The zero-order valence-electron chi connectivity index (χ0n) is 14.5. The first kappa shape index (κ1) is 17.9. The maximum atomic E-state index is 12.4. The van der Waals surface area contributed by atoms with Gasteiger partial charge in [0, 0.05) is 38.3 Å². The van der Waals surface area contributed by atoms with Gasteiger partial charge in [0.2, 0.25) is 0 Å². The summed E-state index contributed by atoms with van der Waals surface area (Å²) in [6.45, 7) is 5.76. The molecule has 0 aliphatic carbocycles. The van der Waals surface area contributed by atoms with Gasteiger partial charge < -0.3 is 15.4 Å².